The van der Waals surface area contributed by atoms with Crippen LogP contribution in [0.3, 0.4) is 0 Å². The molecule has 0 unspecified atom stereocenters. The van der Waals surface area contributed by atoms with Crippen molar-refractivity contribution in [1.82, 2.24) is 4.90 Å². The summed E-state index contributed by atoms with van der Waals surface area (Å²) in [6, 6.07) is 17.0. The van der Waals surface area contributed by atoms with E-state index in [1.807, 2.05) is 61.5 Å². The van der Waals surface area contributed by atoms with Crippen LogP contribution in [0.25, 0.3) is 0 Å². The standard InChI is InChI=1S/C21H21N3O2S/c1-3-13-24-20(26)18(27-21(24)23-16-7-5-4-6-8-16)14-19(25)22-17-11-9-15(2)10-12-17/h3-12,18H,1,13-14H2,2H3,(H,22,25)/t18-/m1/s1. The first-order valence-corrected chi connectivity index (χ1v) is 9.54. The zero-order valence-electron chi connectivity index (χ0n) is 15.1. The van der Waals surface area contributed by atoms with Gasteiger partial charge in [0, 0.05) is 18.7 Å². The molecule has 3 rings (SSSR count). The average molecular weight is 379 g/mol. The van der Waals surface area contributed by atoms with Crippen molar-refractivity contribution >= 4 is 40.1 Å². The van der Waals surface area contributed by atoms with Gasteiger partial charge in [-0.2, -0.15) is 0 Å². The molecule has 0 spiro atoms. The number of carbonyl (C=O) groups is 2. The number of amides is 2. The zero-order chi connectivity index (χ0) is 19.2. The first-order chi connectivity index (χ1) is 13.1. The molecule has 1 aliphatic heterocycles. The smallest absolute Gasteiger partial charge is 0.242 e. The summed E-state index contributed by atoms with van der Waals surface area (Å²) in [5.41, 5.74) is 2.62. The Morgan fingerprint density at radius 2 is 1.93 bits per heavy atom. The van der Waals surface area contributed by atoms with Crippen molar-refractivity contribution in [2.45, 2.75) is 18.6 Å². The summed E-state index contributed by atoms with van der Waals surface area (Å²) < 4.78 is 0. The highest BCUT2D eigenvalue weighted by Gasteiger charge is 2.38. The molecule has 0 aliphatic carbocycles. The van der Waals surface area contributed by atoms with E-state index in [1.165, 1.54) is 11.8 Å². The van der Waals surface area contributed by atoms with Gasteiger partial charge >= 0.3 is 0 Å². The number of anilines is 1. The number of para-hydroxylation sites is 1. The molecule has 27 heavy (non-hydrogen) atoms. The largest absolute Gasteiger partial charge is 0.326 e. The summed E-state index contributed by atoms with van der Waals surface area (Å²) in [5.74, 6) is -0.308. The van der Waals surface area contributed by atoms with Crippen molar-refractivity contribution in [1.29, 1.82) is 0 Å². The third kappa shape index (κ3) is 4.86. The highest BCUT2D eigenvalue weighted by Crippen LogP contribution is 2.31. The Kier molecular flexibility index (Phi) is 6.08. The van der Waals surface area contributed by atoms with E-state index < -0.39 is 5.25 Å². The van der Waals surface area contributed by atoms with Gasteiger partial charge in [0.15, 0.2) is 5.17 Å². The van der Waals surface area contributed by atoms with Crippen LogP contribution in [0.5, 0.6) is 0 Å². The second-order valence-electron chi connectivity index (χ2n) is 6.19. The van der Waals surface area contributed by atoms with Gasteiger partial charge in [-0.1, -0.05) is 53.7 Å². The quantitative estimate of drug-likeness (QED) is 0.767. The molecule has 0 radical (unpaired) electrons. The van der Waals surface area contributed by atoms with E-state index in [0.717, 1.165) is 16.9 Å². The van der Waals surface area contributed by atoms with E-state index in [2.05, 4.69) is 16.9 Å². The molecular weight excluding hydrogens is 358 g/mol. The molecule has 0 aromatic heterocycles. The summed E-state index contributed by atoms with van der Waals surface area (Å²) in [4.78, 5) is 31.2. The number of aliphatic imine (C=N–C) groups is 1. The molecule has 1 fully saturated rings. The van der Waals surface area contributed by atoms with E-state index in [1.54, 1.807) is 11.0 Å². The van der Waals surface area contributed by atoms with Gasteiger partial charge < -0.3 is 5.32 Å². The number of rotatable bonds is 6. The predicted molar refractivity (Wildman–Crippen MR) is 111 cm³/mol. The van der Waals surface area contributed by atoms with Crippen LogP contribution in [0.1, 0.15) is 12.0 Å². The molecule has 0 bridgehead atoms. The third-order valence-electron chi connectivity index (χ3n) is 4.02. The van der Waals surface area contributed by atoms with Crippen LogP contribution in [0.4, 0.5) is 11.4 Å². The lowest BCUT2D eigenvalue weighted by molar-refractivity contribution is -0.127. The minimum absolute atomic E-state index is 0.0961. The van der Waals surface area contributed by atoms with Crippen LogP contribution in [-0.2, 0) is 9.59 Å². The Labute approximate surface area is 163 Å². The Hall–Kier alpha value is -2.86. The Balaban J connectivity index is 1.71. The van der Waals surface area contributed by atoms with Crippen LogP contribution in [0.2, 0.25) is 0 Å². The van der Waals surface area contributed by atoms with E-state index in [9.17, 15) is 9.59 Å². The van der Waals surface area contributed by atoms with Crippen LogP contribution < -0.4 is 5.32 Å². The predicted octanol–water partition coefficient (Wildman–Crippen LogP) is 4.14. The highest BCUT2D eigenvalue weighted by atomic mass is 32.2. The van der Waals surface area contributed by atoms with Gasteiger partial charge in [-0.05, 0) is 31.2 Å². The molecule has 1 heterocycles. The van der Waals surface area contributed by atoms with Crippen LogP contribution in [-0.4, -0.2) is 33.7 Å². The van der Waals surface area contributed by atoms with Crippen molar-refractivity contribution in [3.8, 4) is 0 Å². The third-order valence-corrected chi connectivity index (χ3v) is 5.19. The van der Waals surface area contributed by atoms with Gasteiger partial charge in [0.25, 0.3) is 0 Å². The van der Waals surface area contributed by atoms with Crippen molar-refractivity contribution < 1.29 is 9.59 Å². The molecular formula is C21H21N3O2S. The number of amidine groups is 1. The maximum Gasteiger partial charge on any atom is 0.242 e. The van der Waals surface area contributed by atoms with Gasteiger partial charge in [-0.15, -0.1) is 6.58 Å². The molecule has 6 heteroatoms. The molecule has 1 atom stereocenters. The number of thioether (sulfide) groups is 1. The Bertz CT molecular complexity index is 863. The Morgan fingerprint density at radius 3 is 2.59 bits per heavy atom. The fourth-order valence-corrected chi connectivity index (χ4v) is 3.82. The number of carbonyl (C=O) groups excluding carboxylic acids is 2. The zero-order valence-corrected chi connectivity index (χ0v) is 15.9. The molecule has 138 valence electrons. The molecule has 1 N–H and O–H groups in total. The first kappa shape index (κ1) is 18.9. The number of hydrogen-bond acceptors (Lipinski definition) is 4. The number of hydrogen-bond donors (Lipinski definition) is 1. The van der Waals surface area contributed by atoms with Gasteiger partial charge in [0.2, 0.25) is 11.8 Å². The number of nitrogens with zero attached hydrogens (tertiary/aromatic N) is 2. The van der Waals surface area contributed by atoms with Crippen molar-refractivity contribution in [3.05, 3.63) is 72.8 Å². The lowest BCUT2D eigenvalue weighted by atomic mass is 10.2. The van der Waals surface area contributed by atoms with Crippen molar-refractivity contribution in [2.24, 2.45) is 4.99 Å². The second kappa shape index (κ2) is 8.68. The highest BCUT2D eigenvalue weighted by molar-refractivity contribution is 8.15. The SMILES string of the molecule is C=CCN1C(=O)[C@@H](CC(=O)Nc2ccc(C)cc2)SC1=Nc1ccccc1. The lowest BCUT2D eigenvalue weighted by Gasteiger charge is -2.13. The molecule has 5 nitrogen and oxygen atoms in total. The fraction of sp³-hybridized carbons (Fsp3) is 0.190. The first-order valence-electron chi connectivity index (χ1n) is 8.66. The number of aryl methyl sites for hydroxylation is 1. The van der Waals surface area contributed by atoms with E-state index >= 15 is 0 Å². The minimum Gasteiger partial charge on any atom is -0.326 e. The summed E-state index contributed by atoms with van der Waals surface area (Å²) in [6.07, 6.45) is 1.76. The second-order valence-corrected chi connectivity index (χ2v) is 7.36. The number of nitrogens with one attached hydrogen (secondary N) is 1. The molecule has 2 aromatic carbocycles. The Morgan fingerprint density at radius 1 is 1.22 bits per heavy atom. The minimum atomic E-state index is -0.488. The molecule has 1 saturated heterocycles. The maximum atomic E-state index is 12.7. The number of benzene rings is 2. The van der Waals surface area contributed by atoms with Gasteiger partial charge in [-0.25, -0.2) is 4.99 Å². The molecule has 1 aliphatic rings. The van der Waals surface area contributed by atoms with Gasteiger partial charge in [-0.3, -0.25) is 14.5 Å². The fourth-order valence-electron chi connectivity index (χ4n) is 2.65. The normalized spacial score (nSPS) is 18.0. The van der Waals surface area contributed by atoms with Gasteiger partial charge in [0.1, 0.15) is 5.25 Å². The van der Waals surface area contributed by atoms with E-state index in [0.29, 0.717) is 11.7 Å². The summed E-state index contributed by atoms with van der Waals surface area (Å²) in [5, 5.41) is 2.95. The molecule has 2 amide bonds. The van der Waals surface area contributed by atoms with Crippen LogP contribution in [0.15, 0.2) is 72.2 Å². The summed E-state index contributed by atoms with van der Waals surface area (Å²) in [6.45, 7) is 6.07. The van der Waals surface area contributed by atoms with E-state index in [-0.39, 0.29) is 18.2 Å². The average Bonchev–Trinajstić information content (AvgIpc) is 2.93. The van der Waals surface area contributed by atoms with Gasteiger partial charge in [0.05, 0.1) is 5.69 Å². The monoisotopic (exact) mass is 379 g/mol. The van der Waals surface area contributed by atoms with Crippen LogP contribution in [0, 0.1) is 6.92 Å². The summed E-state index contributed by atoms with van der Waals surface area (Å²) >= 11 is 1.32. The lowest BCUT2D eigenvalue weighted by Crippen LogP contribution is -2.33. The van der Waals surface area contributed by atoms with Crippen LogP contribution >= 0.6 is 11.8 Å². The summed E-state index contributed by atoms with van der Waals surface area (Å²) in [7, 11) is 0. The van der Waals surface area contributed by atoms with E-state index in [4.69, 9.17) is 0 Å². The van der Waals surface area contributed by atoms with Crippen molar-refractivity contribution in [2.75, 3.05) is 11.9 Å². The molecule has 2 aromatic rings. The maximum absolute atomic E-state index is 12.7. The topological polar surface area (TPSA) is 61.8 Å². The van der Waals surface area contributed by atoms with Crippen molar-refractivity contribution in [3.63, 3.8) is 0 Å². The molecule has 0 saturated carbocycles.